The molecule has 7 nitrogen and oxygen atoms in total. The van der Waals surface area contributed by atoms with Crippen molar-refractivity contribution in [3.8, 4) is 17.0 Å². The first-order valence-corrected chi connectivity index (χ1v) is 7.86. The smallest absolute Gasteiger partial charge is 0.343 e. The molecule has 0 fully saturated rings. The molecule has 2 heterocycles. The van der Waals surface area contributed by atoms with Crippen LogP contribution in [-0.4, -0.2) is 41.4 Å². The van der Waals surface area contributed by atoms with Gasteiger partial charge in [0.2, 0.25) is 0 Å². The molecule has 1 aromatic carbocycles. The van der Waals surface area contributed by atoms with Gasteiger partial charge in [-0.25, -0.2) is 14.3 Å². The van der Waals surface area contributed by atoms with Crippen molar-refractivity contribution < 1.29 is 19.0 Å². The number of carbonyl (C=O) groups excluding carboxylic acids is 1. The maximum atomic E-state index is 12.2. The summed E-state index contributed by atoms with van der Waals surface area (Å²) in [6.07, 6.45) is 1.47. The van der Waals surface area contributed by atoms with E-state index in [2.05, 4.69) is 10.1 Å². The third-order valence-electron chi connectivity index (χ3n) is 3.70. The highest BCUT2D eigenvalue weighted by Crippen LogP contribution is 2.25. The van der Waals surface area contributed by atoms with E-state index in [-0.39, 0.29) is 6.61 Å². The van der Waals surface area contributed by atoms with Gasteiger partial charge in [0, 0.05) is 12.7 Å². The van der Waals surface area contributed by atoms with Crippen LogP contribution in [0.2, 0.25) is 0 Å². The lowest BCUT2D eigenvalue weighted by Gasteiger charge is -2.09. The summed E-state index contributed by atoms with van der Waals surface area (Å²) in [4.78, 5) is 16.8. The van der Waals surface area contributed by atoms with Crippen LogP contribution >= 0.6 is 0 Å². The molecule has 3 rings (SSSR count). The van der Waals surface area contributed by atoms with Crippen molar-refractivity contribution in [1.82, 2.24) is 14.6 Å². The highest BCUT2D eigenvalue weighted by atomic mass is 16.5. The molecule has 3 aromatic rings. The number of aromatic nitrogens is 3. The molecule has 0 amide bonds. The number of nitrogens with zero attached hydrogens (tertiary/aromatic N) is 3. The molecule has 2 aromatic heterocycles. The van der Waals surface area contributed by atoms with Gasteiger partial charge in [0.25, 0.3) is 0 Å². The quantitative estimate of drug-likeness (QED) is 0.642. The van der Waals surface area contributed by atoms with E-state index in [9.17, 15) is 4.79 Å². The summed E-state index contributed by atoms with van der Waals surface area (Å²) in [6, 6.07) is 9.45. The van der Waals surface area contributed by atoms with Crippen molar-refractivity contribution in [1.29, 1.82) is 0 Å². The molecule has 0 atom stereocenters. The van der Waals surface area contributed by atoms with Crippen LogP contribution in [0.3, 0.4) is 0 Å². The van der Waals surface area contributed by atoms with Crippen molar-refractivity contribution in [2.45, 2.75) is 13.5 Å². The number of fused-ring (bicyclic) bond motifs is 1. The monoisotopic (exact) mass is 341 g/mol. The molecule has 0 aliphatic carbocycles. The average Bonchev–Trinajstić information content (AvgIpc) is 3.06. The molecule has 7 heteroatoms. The number of hydrogen-bond acceptors (Lipinski definition) is 6. The molecule has 0 saturated heterocycles. The Morgan fingerprint density at radius 2 is 2.08 bits per heavy atom. The predicted molar refractivity (Wildman–Crippen MR) is 91.6 cm³/mol. The molecule has 0 spiro atoms. The Morgan fingerprint density at radius 3 is 2.80 bits per heavy atom. The lowest BCUT2D eigenvalue weighted by molar-refractivity contribution is 0.0528. The summed E-state index contributed by atoms with van der Waals surface area (Å²) in [5.41, 5.74) is 3.11. The number of carbonyl (C=O) groups is 1. The molecule has 0 radical (unpaired) electrons. The van der Waals surface area contributed by atoms with Gasteiger partial charge in [-0.15, -0.1) is 0 Å². The second-order valence-corrected chi connectivity index (χ2v) is 5.31. The highest BCUT2D eigenvalue weighted by Gasteiger charge is 2.18. The van der Waals surface area contributed by atoms with Crippen LogP contribution < -0.4 is 4.74 Å². The van der Waals surface area contributed by atoms with Gasteiger partial charge in [-0.3, -0.25) is 0 Å². The van der Waals surface area contributed by atoms with Crippen LogP contribution in [0.15, 0.2) is 36.5 Å². The summed E-state index contributed by atoms with van der Waals surface area (Å²) in [7, 11) is 3.22. The molecule has 0 unspecified atom stereocenters. The summed E-state index contributed by atoms with van der Waals surface area (Å²) < 4.78 is 17.2. The SMILES string of the molecule is CCOC(=O)c1cnn2c(COC)cc(-c3cccc(OC)c3)nc12. The van der Waals surface area contributed by atoms with Crippen molar-refractivity contribution in [2.24, 2.45) is 0 Å². The van der Waals surface area contributed by atoms with Crippen LogP contribution in [0, 0.1) is 0 Å². The normalized spacial score (nSPS) is 10.8. The Bertz CT molecular complexity index is 904. The summed E-state index contributed by atoms with van der Waals surface area (Å²) in [5.74, 6) is 0.280. The zero-order valence-electron chi connectivity index (χ0n) is 14.4. The first-order chi connectivity index (χ1) is 12.2. The second-order valence-electron chi connectivity index (χ2n) is 5.31. The van der Waals surface area contributed by atoms with Gasteiger partial charge in [-0.1, -0.05) is 12.1 Å². The lowest BCUT2D eigenvalue weighted by Crippen LogP contribution is -2.07. The molecular weight excluding hydrogens is 322 g/mol. The molecule has 0 saturated carbocycles. The summed E-state index contributed by atoms with van der Waals surface area (Å²) in [5, 5.41) is 4.26. The van der Waals surface area contributed by atoms with E-state index in [0.717, 1.165) is 17.0 Å². The van der Waals surface area contributed by atoms with E-state index in [0.29, 0.717) is 23.5 Å². The van der Waals surface area contributed by atoms with Gasteiger partial charge < -0.3 is 14.2 Å². The molecule has 0 N–H and O–H groups in total. The maximum Gasteiger partial charge on any atom is 0.343 e. The van der Waals surface area contributed by atoms with Gasteiger partial charge in [-0.2, -0.15) is 5.10 Å². The Balaban J connectivity index is 2.18. The molecule has 25 heavy (non-hydrogen) atoms. The van der Waals surface area contributed by atoms with Crippen molar-refractivity contribution in [2.75, 3.05) is 20.8 Å². The fourth-order valence-electron chi connectivity index (χ4n) is 2.56. The minimum Gasteiger partial charge on any atom is -0.497 e. The number of esters is 1. The summed E-state index contributed by atoms with van der Waals surface area (Å²) in [6.45, 7) is 2.38. The first-order valence-electron chi connectivity index (χ1n) is 7.86. The van der Waals surface area contributed by atoms with E-state index in [1.807, 2.05) is 30.3 Å². The third-order valence-corrected chi connectivity index (χ3v) is 3.70. The Kier molecular flexibility index (Phi) is 4.95. The van der Waals surface area contributed by atoms with E-state index in [1.165, 1.54) is 6.20 Å². The van der Waals surface area contributed by atoms with Crippen LogP contribution in [0.4, 0.5) is 0 Å². The molecule has 0 aliphatic rings. The molecule has 130 valence electrons. The standard InChI is InChI=1S/C18H19N3O4/c1-4-25-18(22)15-10-19-21-13(11-23-2)9-16(20-17(15)21)12-6-5-7-14(8-12)24-3/h5-10H,4,11H2,1-3H3. The number of ether oxygens (including phenoxy) is 3. The first kappa shape index (κ1) is 16.9. The Morgan fingerprint density at radius 1 is 1.24 bits per heavy atom. The number of rotatable bonds is 6. The molecular formula is C18H19N3O4. The Labute approximate surface area is 145 Å². The van der Waals surface area contributed by atoms with Crippen molar-refractivity contribution in [3.63, 3.8) is 0 Å². The fourth-order valence-corrected chi connectivity index (χ4v) is 2.56. The van der Waals surface area contributed by atoms with Crippen LogP contribution in [0.5, 0.6) is 5.75 Å². The molecule has 0 bridgehead atoms. The van der Waals surface area contributed by atoms with E-state index in [4.69, 9.17) is 14.2 Å². The van der Waals surface area contributed by atoms with Crippen LogP contribution in [-0.2, 0) is 16.1 Å². The highest BCUT2D eigenvalue weighted by molar-refractivity contribution is 5.96. The van der Waals surface area contributed by atoms with E-state index < -0.39 is 5.97 Å². The lowest BCUT2D eigenvalue weighted by atomic mass is 10.1. The predicted octanol–water partition coefficient (Wildman–Crippen LogP) is 2.73. The second kappa shape index (κ2) is 7.31. The maximum absolute atomic E-state index is 12.2. The molecule has 0 aliphatic heterocycles. The van der Waals surface area contributed by atoms with Crippen LogP contribution in [0.1, 0.15) is 23.0 Å². The largest absolute Gasteiger partial charge is 0.497 e. The van der Waals surface area contributed by atoms with Crippen LogP contribution in [0.25, 0.3) is 16.9 Å². The number of hydrogen-bond donors (Lipinski definition) is 0. The zero-order chi connectivity index (χ0) is 17.8. The van der Waals surface area contributed by atoms with Gasteiger partial charge >= 0.3 is 5.97 Å². The van der Waals surface area contributed by atoms with Gasteiger partial charge in [-0.05, 0) is 25.1 Å². The van der Waals surface area contributed by atoms with E-state index in [1.54, 1.807) is 25.7 Å². The number of benzene rings is 1. The average molecular weight is 341 g/mol. The summed E-state index contributed by atoms with van der Waals surface area (Å²) >= 11 is 0. The van der Waals surface area contributed by atoms with Crippen molar-refractivity contribution in [3.05, 3.63) is 47.8 Å². The minimum absolute atomic E-state index is 0.288. The third kappa shape index (κ3) is 3.32. The minimum atomic E-state index is -0.448. The fraction of sp³-hybridized carbons (Fsp3) is 0.278. The number of methoxy groups -OCH3 is 2. The van der Waals surface area contributed by atoms with Crippen molar-refractivity contribution >= 4 is 11.6 Å². The zero-order valence-corrected chi connectivity index (χ0v) is 14.4. The van der Waals surface area contributed by atoms with Gasteiger partial charge in [0.15, 0.2) is 5.65 Å². The van der Waals surface area contributed by atoms with Gasteiger partial charge in [0.1, 0.15) is 11.3 Å². The topological polar surface area (TPSA) is 75.0 Å². The Hall–Kier alpha value is -2.93. The van der Waals surface area contributed by atoms with Gasteiger partial charge in [0.05, 0.1) is 37.9 Å². The van der Waals surface area contributed by atoms with E-state index >= 15 is 0 Å².